The summed E-state index contributed by atoms with van der Waals surface area (Å²) in [6.45, 7) is 9.20. The van der Waals surface area contributed by atoms with Crippen LogP contribution in [0.1, 0.15) is 78.6 Å². The third-order valence-electron chi connectivity index (χ3n) is 12.7. The second-order valence-corrected chi connectivity index (χ2v) is 12.6. The Kier molecular flexibility index (Phi) is 2.46. The summed E-state index contributed by atoms with van der Waals surface area (Å²) in [4.78, 5) is 3.07. The highest BCUT2D eigenvalue weighted by Crippen LogP contribution is 2.86. The Hall–Kier alpha value is -1.08. The molecule has 152 valence electrons. The molecular formula is C28H35N. The fourth-order valence-corrected chi connectivity index (χ4v) is 11.4. The molecule has 1 unspecified atom stereocenters. The molecule has 4 spiro atoms. The predicted octanol–water partition coefficient (Wildman–Crippen LogP) is 6.34. The first-order chi connectivity index (χ1) is 13.9. The molecule has 4 fully saturated rings. The smallest absolute Gasteiger partial charge is 0.0714 e. The van der Waals surface area contributed by atoms with Crippen LogP contribution in [0.3, 0.4) is 0 Å². The second-order valence-electron chi connectivity index (χ2n) is 12.6. The summed E-state index contributed by atoms with van der Waals surface area (Å²) in [5.41, 5.74) is 7.63. The molecule has 9 rings (SSSR count). The highest BCUT2D eigenvalue weighted by atomic mass is 15.4. The van der Waals surface area contributed by atoms with Gasteiger partial charge in [0, 0.05) is 28.3 Å². The highest BCUT2D eigenvalue weighted by Gasteiger charge is 2.84. The lowest BCUT2D eigenvalue weighted by atomic mass is 9.39. The van der Waals surface area contributed by atoms with Crippen molar-refractivity contribution >= 4 is 0 Å². The van der Waals surface area contributed by atoms with Gasteiger partial charge >= 0.3 is 0 Å². The van der Waals surface area contributed by atoms with Crippen LogP contribution in [0.4, 0.5) is 0 Å². The minimum atomic E-state index is 0.172. The Morgan fingerprint density at radius 1 is 1.07 bits per heavy atom. The van der Waals surface area contributed by atoms with E-state index in [-0.39, 0.29) is 5.54 Å². The standard InChI is InChI=1S/C28H35N/c1-19-5-14-27-20(2)6-13-25(17-22(19)27)23(27,3)11-7-21-8-12-24-9-4-10-26(24)18-29(26)28(21,25)16-15-24/h7-8,12,15-16,20H,4-6,9-11,13-14,17-18H2,1-3H3/t20-,23+,24-,25-,26-,27-,28-,29?/m1/s1. The van der Waals surface area contributed by atoms with E-state index in [9.17, 15) is 0 Å². The van der Waals surface area contributed by atoms with Gasteiger partial charge < -0.3 is 0 Å². The van der Waals surface area contributed by atoms with Crippen molar-refractivity contribution < 1.29 is 0 Å². The van der Waals surface area contributed by atoms with Crippen LogP contribution in [-0.2, 0) is 0 Å². The number of hydrogen-bond acceptors (Lipinski definition) is 1. The summed E-state index contributed by atoms with van der Waals surface area (Å²) in [6, 6.07) is 0. The number of allylic oxidation sites excluding steroid dienone is 3. The zero-order valence-corrected chi connectivity index (χ0v) is 18.5. The van der Waals surface area contributed by atoms with Gasteiger partial charge in [-0.25, -0.2) is 0 Å². The van der Waals surface area contributed by atoms with Crippen LogP contribution in [0.15, 0.2) is 47.1 Å². The first-order valence-electron chi connectivity index (χ1n) is 12.5. The highest BCUT2D eigenvalue weighted by molar-refractivity contribution is 5.61. The Bertz CT molecular complexity index is 1010. The van der Waals surface area contributed by atoms with Gasteiger partial charge in [-0.1, -0.05) is 61.8 Å². The summed E-state index contributed by atoms with van der Waals surface area (Å²) >= 11 is 0. The third kappa shape index (κ3) is 1.24. The van der Waals surface area contributed by atoms with Gasteiger partial charge in [0.25, 0.3) is 0 Å². The van der Waals surface area contributed by atoms with E-state index in [1.807, 2.05) is 5.57 Å². The molecule has 0 aromatic heterocycles. The molecule has 29 heavy (non-hydrogen) atoms. The summed E-state index contributed by atoms with van der Waals surface area (Å²) in [5, 5.41) is 0. The minimum Gasteiger partial charge on any atom is -0.280 e. The molecule has 0 aromatic carbocycles. The van der Waals surface area contributed by atoms with E-state index in [0.717, 1.165) is 5.92 Å². The van der Waals surface area contributed by atoms with Gasteiger partial charge in [0.05, 0.1) is 5.54 Å². The van der Waals surface area contributed by atoms with E-state index in [1.165, 1.54) is 64.3 Å². The Morgan fingerprint density at radius 2 is 1.97 bits per heavy atom. The molecule has 6 aliphatic carbocycles. The molecule has 4 bridgehead atoms. The first kappa shape index (κ1) is 16.6. The predicted molar refractivity (Wildman–Crippen MR) is 117 cm³/mol. The van der Waals surface area contributed by atoms with E-state index in [0.29, 0.717) is 27.2 Å². The lowest BCUT2D eigenvalue weighted by Gasteiger charge is -2.67. The van der Waals surface area contributed by atoms with E-state index < -0.39 is 0 Å². The van der Waals surface area contributed by atoms with Crippen molar-refractivity contribution in [1.29, 1.82) is 0 Å². The lowest BCUT2D eigenvalue weighted by molar-refractivity contribution is -0.137. The van der Waals surface area contributed by atoms with Gasteiger partial charge in [-0.15, -0.1) is 0 Å². The van der Waals surface area contributed by atoms with Crippen molar-refractivity contribution in [2.75, 3.05) is 6.54 Å². The zero-order valence-electron chi connectivity index (χ0n) is 18.5. The van der Waals surface area contributed by atoms with Gasteiger partial charge in [-0.2, -0.15) is 0 Å². The van der Waals surface area contributed by atoms with Crippen LogP contribution in [-0.4, -0.2) is 22.5 Å². The van der Waals surface area contributed by atoms with Gasteiger partial charge in [0.15, 0.2) is 0 Å². The number of rotatable bonds is 0. The summed E-state index contributed by atoms with van der Waals surface area (Å²) in [5.74, 6) is 0.851. The number of nitrogens with zero attached hydrogens (tertiary/aromatic N) is 1. The second kappa shape index (κ2) is 4.29. The van der Waals surface area contributed by atoms with Crippen LogP contribution < -0.4 is 0 Å². The van der Waals surface area contributed by atoms with E-state index in [1.54, 1.807) is 11.1 Å². The van der Waals surface area contributed by atoms with Gasteiger partial charge in [0.2, 0.25) is 0 Å². The maximum atomic E-state index is 3.07. The normalized spacial score (nSPS) is 62.2. The van der Waals surface area contributed by atoms with Crippen LogP contribution in [0.2, 0.25) is 0 Å². The van der Waals surface area contributed by atoms with Crippen molar-refractivity contribution in [3.8, 4) is 0 Å². The van der Waals surface area contributed by atoms with Crippen LogP contribution >= 0.6 is 0 Å². The molecule has 0 amide bonds. The molecule has 3 saturated carbocycles. The fraction of sp³-hybridized carbons (Fsp3) is 0.714. The van der Waals surface area contributed by atoms with Crippen LogP contribution in [0.25, 0.3) is 0 Å². The Balaban J connectivity index is 1.46. The largest absolute Gasteiger partial charge is 0.280 e. The first-order valence-corrected chi connectivity index (χ1v) is 12.5. The van der Waals surface area contributed by atoms with E-state index in [4.69, 9.17) is 0 Å². The van der Waals surface area contributed by atoms with Gasteiger partial charge in [-0.3, -0.25) is 4.90 Å². The quantitative estimate of drug-likeness (QED) is 0.347. The lowest BCUT2D eigenvalue weighted by Crippen LogP contribution is -2.67. The molecular weight excluding hydrogens is 350 g/mol. The molecule has 1 saturated heterocycles. The maximum Gasteiger partial charge on any atom is 0.0714 e. The van der Waals surface area contributed by atoms with Crippen molar-refractivity contribution in [3.63, 3.8) is 0 Å². The molecule has 3 heterocycles. The van der Waals surface area contributed by atoms with Crippen LogP contribution in [0.5, 0.6) is 0 Å². The fourth-order valence-electron chi connectivity index (χ4n) is 11.4. The molecule has 1 heteroatoms. The average molecular weight is 386 g/mol. The van der Waals surface area contributed by atoms with Crippen molar-refractivity contribution in [3.05, 3.63) is 47.1 Å². The Morgan fingerprint density at radius 3 is 2.86 bits per heavy atom. The molecule has 0 aromatic rings. The molecule has 8 atom stereocenters. The number of hydrogen-bond donors (Lipinski definition) is 0. The van der Waals surface area contributed by atoms with E-state index in [2.05, 4.69) is 56.1 Å². The molecule has 1 nitrogen and oxygen atoms in total. The average Bonchev–Trinajstić information content (AvgIpc) is 3.26. The maximum absolute atomic E-state index is 3.07. The topological polar surface area (TPSA) is 3.01 Å². The summed E-state index contributed by atoms with van der Waals surface area (Å²) in [6.07, 6.45) is 26.1. The molecule has 0 N–H and O–H groups in total. The molecule has 9 aliphatic rings. The van der Waals surface area contributed by atoms with Crippen molar-refractivity contribution in [2.24, 2.45) is 27.6 Å². The van der Waals surface area contributed by atoms with Gasteiger partial charge in [-0.05, 0) is 75.2 Å². The third-order valence-corrected chi connectivity index (χ3v) is 12.7. The van der Waals surface area contributed by atoms with Gasteiger partial charge in [0.1, 0.15) is 0 Å². The zero-order chi connectivity index (χ0) is 19.5. The summed E-state index contributed by atoms with van der Waals surface area (Å²) < 4.78 is 0. The van der Waals surface area contributed by atoms with Crippen molar-refractivity contribution in [1.82, 2.24) is 4.90 Å². The van der Waals surface area contributed by atoms with Crippen molar-refractivity contribution in [2.45, 2.75) is 89.6 Å². The monoisotopic (exact) mass is 385 g/mol. The minimum absolute atomic E-state index is 0.172. The summed E-state index contributed by atoms with van der Waals surface area (Å²) in [7, 11) is 0. The van der Waals surface area contributed by atoms with Crippen LogP contribution in [0, 0.1) is 27.6 Å². The van der Waals surface area contributed by atoms with E-state index >= 15 is 0 Å². The molecule has 0 radical (unpaired) electrons. The SMILES string of the molecule is CC1=C2C[C@]34CC[C@@H](C)[C@@]2(CC1)[C@@]3(C)CC=C1C=C[C@]23C=C[C@@]14N1C[C@@]12CCC3. The Labute approximate surface area is 176 Å². The molecule has 3 aliphatic heterocycles.